The number of carbonyl (C=O) groups excluding carboxylic acids is 1. The van der Waals surface area contributed by atoms with E-state index < -0.39 is 0 Å². The summed E-state index contributed by atoms with van der Waals surface area (Å²) in [5.74, 6) is 0.801. The van der Waals surface area contributed by atoms with E-state index in [1.165, 1.54) is 6.07 Å². The first-order valence-corrected chi connectivity index (χ1v) is 8.00. The molecule has 0 spiro atoms. The lowest BCUT2D eigenvalue weighted by atomic mass is 9.95. The molecule has 0 atom stereocenters. The van der Waals surface area contributed by atoms with Crippen molar-refractivity contribution in [2.24, 2.45) is 5.92 Å². The smallest absolute Gasteiger partial charge is 0.225 e. The first kappa shape index (κ1) is 16.2. The van der Waals surface area contributed by atoms with Crippen molar-refractivity contribution in [1.82, 2.24) is 9.80 Å². The van der Waals surface area contributed by atoms with Crippen LogP contribution in [0.3, 0.4) is 0 Å². The van der Waals surface area contributed by atoms with E-state index in [0.717, 1.165) is 42.8 Å². The fourth-order valence-corrected chi connectivity index (χ4v) is 3.32. The molecule has 0 aromatic heterocycles. The molecule has 0 radical (unpaired) electrons. The van der Waals surface area contributed by atoms with E-state index in [2.05, 4.69) is 4.90 Å². The molecule has 0 unspecified atom stereocenters. The van der Waals surface area contributed by atoms with Crippen molar-refractivity contribution < 1.29 is 18.7 Å². The van der Waals surface area contributed by atoms with Gasteiger partial charge in [0.2, 0.25) is 5.91 Å². The quantitative estimate of drug-likeness (QED) is 0.853. The Kier molecular flexibility index (Phi) is 4.82. The summed E-state index contributed by atoms with van der Waals surface area (Å²) in [5, 5.41) is 0. The molecule has 0 aliphatic carbocycles. The maximum Gasteiger partial charge on any atom is 0.225 e. The van der Waals surface area contributed by atoms with Crippen LogP contribution in [0.15, 0.2) is 12.1 Å². The predicted octanol–water partition coefficient (Wildman–Crippen LogP) is 1.99. The minimum atomic E-state index is -0.259. The van der Waals surface area contributed by atoms with E-state index in [1.807, 2.05) is 0 Å². The lowest BCUT2D eigenvalue weighted by Gasteiger charge is -2.33. The van der Waals surface area contributed by atoms with Crippen LogP contribution in [0.25, 0.3) is 0 Å². The normalized spacial score (nSPS) is 19.1. The van der Waals surface area contributed by atoms with E-state index in [0.29, 0.717) is 13.2 Å². The number of benzene rings is 1. The van der Waals surface area contributed by atoms with Crippen molar-refractivity contribution >= 4 is 5.91 Å². The largest absolute Gasteiger partial charge is 0.467 e. The monoisotopic (exact) mass is 322 g/mol. The van der Waals surface area contributed by atoms with Gasteiger partial charge in [-0.2, -0.15) is 0 Å². The fraction of sp³-hybridized carbons (Fsp3) is 0.588. The molecule has 1 saturated heterocycles. The Hall–Kier alpha value is -1.66. The lowest BCUT2D eigenvalue weighted by molar-refractivity contribution is -0.134. The maximum atomic E-state index is 13.8. The van der Waals surface area contributed by atoms with Crippen molar-refractivity contribution in [3.8, 4) is 5.75 Å². The first-order valence-electron chi connectivity index (χ1n) is 8.00. The van der Waals surface area contributed by atoms with Gasteiger partial charge < -0.3 is 14.4 Å². The Bertz CT molecular complexity index is 583. The van der Waals surface area contributed by atoms with Gasteiger partial charge in [-0.25, -0.2) is 4.39 Å². The van der Waals surface area contributed by atoms with E-state index in [9.17, 15) is 9.18 Å². The van der Waals surface area contributed by atoms with Crippen molar-refractivity contribution in [3.05, 3.63) is 29.1 Å². The zero-order chi connectivity index (χ0) is 16.4. The van der Waals surface area contributed by atoms with Gasteiger partial charge in [-0.1, -0.05) is 0 Å². The summed E-state index contributed by atoms with van der Waals surface area (Å²) in [6.07, 6.45) is 1.69. The molecule has 2 heterocycles. The van der Waals surface area contributed by atoms with E-state index >= 15 is 0 Å². The molecule has 0 saturated carbocycles. The van der Waals surface area contributed by atoms with Crippen LogP contribution in [0.5, 0.6) is 5.75 Å². The lowest BCUT2D eigenvalue weighted by Crippen LogP contribution is -2.39. The second-order valence-electron chi connectivity index (χ2n) is 6.45. The molecule has 3 rings (SSSR count). The van der Waals surface area contributed by atoms with Crippen LogP contribution >= 0.6 is 0 Å². The van der Waals surface area contributed by atoms with E-state index in [4.69, 9.17) is 9.47 Å². The minimum absolute atomic E-state index is 0.104. The second kappa shape index (κ2) is 6.84. The Labute approximate surface area is 136 Å². The highest BCUT2D eigenvalue weighted by Crippen LogP contribution is 2.31. The van der Waals surface area contributed by atoms with Crippen LogP contribution in [0.2, 0.25) is 0 Å². The number of hydrogen-bond acceptors (Lipinski definition) is 4. The zero-order valence-corrected chi connectivity index (χ0v) is 13.7. The number of nitrogens with zero attached hydrogens (tertiary/aromatic N) is 2. The summed E-state index contributed by atoms with van der Waals surface area (Å²) in [6, 6.07) is 3.02. The van der Waals surface area contributed by atoms with Crippen LogP contribution in [0.1, 0.15) is 24.0 Å². The molecule has 0 bridgehead atoms. The Balaban J connectivity index is 1.65. The van der Waals surface area contributed by atoms with Gasteiger partial charge in [-0.15, -0.1) is 0 Å². The number of piperidine rings is 1. The van der Waals surface area contributed by atoms with E-state index in [-0.39, 0.29) is 24.4 Å². The Morgan fingerprint density at radius 2 is 2.09 bits per heavy atom. The highest BCUT2D eigenvalue weighted by Gasteiger charge is 2.27. The molecule has 126 valence electrons. The summed E-state index contributed by atoms with van der Waals surface area (Å²) in [6.45, 7) is 2.92. The summed E-state index contributed by atoms with van der Waals surface area (Å²) < 4.78 is 24.6. The Morgan fingerprint density at radius 1 is 1.35 bits per heavy atom. The molecule has 2 aliphatic rings. The van der Waals surface area contributed by atoms with Gasteiger partial charge in [-0.3, -0.25) is 9.69 Å². The maximum absolute atomic E-state index is 13.8. The number of fused-ring (bicyclic) bond motifs is 1. The van der Waals surface area contributed by atoms with E-state index in [1.54, 1.807) is 25.1 Å². The summed E-state index contributed by atoms with van der Waals surface area (Å²) >= 11 is 0. The van der Waals surface area contributed by atoms with Crippen molar-refractivity contribution in [1.29, 1.82) is 0 Å². The average Bonchev–Trinajstić information content (AvgIpc) is 2.54. The average molecular weight is 322 g/mol. The summed E-state index contributed by atoms with van der Waals surface area (Å²) in [5.41, 5.74) is 1.63. The van der Waals surface area contributed by atoms with Crippen LogP contribution < -0.4 is 4.74 Å². The number of likely N-dealkylation sites (tertiary alicyclic amines) is 1. The highest BCUT2D eigenvalue weighted by atomic mass is 19.1. The molecule has 1 amide bonds. The van der Waals surface area contributed by atoms with Crippen molar-refractivity contribution in [2.45, 2.75) is 26.0 Å². The van der Waals surface area contributed by atoms with Crippen molar-refractivity contribution in [3.63, 3.8) is 0 Å². The van der Waals surface area contributed by atoms with Crippen molar-refractivity contribution in [2.75, 3.05) is 34.0 Å². The number of amides is 1. The summed E-state index contributed by atoms with van der Waals surface area (Å²) in [7, 11) is 3.60. The molecule has 6 heteroatoms. The third kappa shape index (κ3) is 3.64. The SMILES string of the molecule is CN(C)C(=O)C1CCN(Cc2cc(F)cc3c2OCOC3)CC1. The molecule has 23 heavy (non-hydrogen) atoms. The number of ether oxygens (including phenoxy) is 2. The van der Waals surface area contributed by atoms with Gasteiger partial charge in [0.1, 0.15) is 11.6 Å². The number of carbonyl (C=O) groups is 1. The first-order chi connectivity index (χ1) is 11.0. The predicted molar refractivity (Wildman–Crippen MR) is 83.4 cm³/mol. The molecule has 2 aliphatic heterocycles. The Morgan fingerprint density at radius 3 is 2.78 bits per heavy atom. The number of halogens is 1. The molecular formula is C17H23FN2O3. The van der Waals surface area contributed by atoms with Gasteiger partial charge in [0.05, 0.1) is 6.61 Å². The minimum Gasteiger partial charge on any atom is -0.467 e. The highest BCUT2D eigenvalue weighted by molar-refractivity contribution is 5.78. The zero-order valence-electron chi connectivity index (χ0n) is 13.7. The number of hydrogen-bond donors (Lipinski definition) is 0. The van der Waals surface area contributed by atoms with Crippen LogP contribution in [0.4, 0.5) is 4.39 Å². The van der Waals surface area contributed by atoms with Gasteiger partial charge in [0.15, 0.2) is 6.79 Å². The standard InChI is InChI=1S/C17H23FN2O3/c1-19(2)17(21)12-3-5-20(6-4-12)9-13-7-15(18)8-14-10-22-11-23-16(13)14/h7-8,12H,3-6,9-11H2,1-2H3. The van der Waals surface area contributed by atoms with Crippen LogP contribution in [-0.2, 0) is 22.7 Å². The topological polar surface area (TPSA) is 42.0 Å². The molecule has 1 aromatic carbocycles. The van der Waals surface area contributed by atoms with Gasteiger partial charge in [-0.05, 0) is 38.1 Å². The number of rotatable bonds is 3. The molecular weight excluding hydrogens is 299 g/mol. The van der Waals surface area contributed by atoms with Gasteiger partial charge >= 0.3 is 0 Å². The van der Waals surface area contributed by atoms with Gasteiger partial charge in [0.25, 0.3) is 0 Å². The molecule has 5 nitrogen and oxygen atoms in total. The third-order valence-electron chi connectivity index (χ3n) is 4.52. The molecule has 0 N–H and O–H groups in total. The fourth-order valence-electron chi connectivity index (χ4n) is 3.32. The molecule has 1 aromatic rings. The van der Waals surface area contributed by atoms with Crippen LogP contribution in [-0.4, -0.2) is 49.7 Å². The second-order valence-corrected chi connectivity index (χ2v) is 6.45. The van der Waals surface area contributed by atoms with Crippen LogP contribution in [0, 0.1) is 11.7 Å². The summed E-state index contributed by atoms with van der Waals surface area (Å²) in [4.78, 5) is 15.9. The third-order valence-corrected chi connectivity index (χ3v) is 4.52. The molecule has 1 fully saturated rings. The van der Waals surface area contributed by atoms with Gasteiger partial charge in [0, 0.05) is 37.7 Å².